The molecule has 0 saturated heterocycles. The molecule has 5 heteroatoms. The van der Waals surface area contributed by atoms with Gasteiger partial charge in [-0.1, -0.05) is 115 Å². The number of hydrogen-bond acceptors (Lipinski definition) is 4. The highest BCUT2D eigenvalue weighted by molar-refractivity contribution is 7.26. The summed E-state index contributed by atoms with van der Waals surface area (Å²) in [5.74, 6) is 0.737. The van der Waals surface area contributed by atoms with Crippen LogP contribution in [0.25, 0.3) is 112 Å². The summed E-state index contributed by atoms with van der Waals surface area (Å²) >= 11 is 3.73. The van der Waals surface area contributed by atoms with Crippen LogP contribution in [0.5, 0.6) is 0 Å². The van der Waals surface area contributed by atoms with Gasteiger partial charge < -0.3 is 4.57 Å². The number of rotatable bonds is 3. The van der Waals surface area contributed by atoms with Crippen LogP contribution in [-0.4, -0.2) is 14.5 Å². The zero-order chi connectivity index (χ0) is 34.6. The standard InChI is InChI=1S/C48H27N3S2/c1-2-13-29(14-3-1)45-35-23-22-28-12-4-5-15-30(28)46(35)50-48(49-45)34-24-25-39(47-44(34)33-18-8-11-21-42(33)53-47)51-38-19-9-6-16-31(38)36-27-43-37(26-40(36)51)32-17-7-10-20-41(32)52-43/h1-27H. The van der Waals surface area contributed by atoms with Crippen molar-refractivity contribution in [3.63, 3.8) is 0 Å². The van der Waals surface area contributed by atoms with Gasteiger partial charge >= 0.3 is 0 Å². The molecule has 246 valence electrons. The van der Waals surface area contributed by atoms with Crippen LogP contribution >= 0.6 is 22.7 Å². The lowest BCUT2D eigenvalue weighted by Gasteiger charge is -2.14. The molecule has 12 rings (SSSR count). The third-order valence-electron chi connectivity index (χ3n) is 10.8. The lowest BCUT2D eigenvalue weighted by molar-refractivity contribution is 1.20. The lowest BCUT2D eigenvalue weighted by Crippen LogP contribution is -1.98. The Balaban J connectivity index is 1.20. The maximum Gasteiger partial charge on any atom is 0.161 e. The fraction of sp³-hybridized carbons (Fsp3) is 0. The summed E-state index contributed by atoms with van der Waals surface area (Å²) in [5, 5.41) is 10.9. The monoisotopic (exact) mass is 709 g/mol. The summed E-state index contributed by atoms with van der Waals surface area (Å²) in [6, 6.07) is 59.2. The van der Waals surface area contributed by atoms with E-state index in [-0.39, 0.29) is 0 Å². The molecule has 0 aliphatic carbocycles. The summed E-state index contributed by atoms with van der Waals surface area (Å²) in [6.45, 7) is 0. The normalized spacial score (nSPS) is 12.2. The molecule has 0 fully saturated rings. The number of benzene rings is 8. The number of aromatic nitrogens is 3. The van der Waals surface area contributed by atoms with E-state index in [2.05, 4.69) is 168 Å². The minimum absolute atomic E-state index is 0.737. The van der Waals surface area contributed by atoms with Crippen LogP contribution in [0, 0.1) is 0 Å². The molecule has 0 aliphatic heterocycles. The predicted molar refractivity (Wildman–Crippen MR) is 228 cm³/mol. The maximum absolute atomic E-state index is 5.43. The van der Waals surface area contributed by atoms with E-state index in [0.717, 1.165) is 38.9 Å². The van der Waals surface area contributed by atoms with Gasteiger partial charge in [-0.25, -0.2) is 9.97 Å². The first kappa shape index (κ1) is 29.2. The summed E-state index contributed by atoms with van der Waals surface area (Å²) in [4.78, 5) is 10.9. The van der Waals surface area contributed by atoms with Crippen molar-refractivity contribution >= 4 is 106 Å². The van der Waals surface area contributed by atoms with E-state index < -0.39 is 0 Å². The molecule has 0 spiro atoms. The molecule has 4 aromatic heterocycles. The first-order valence-electron chi connectivity index (χ1n) is 17.8. The van der Waals surface area contributed by atoms with Gasteiger partial charge in [0, 0.05) is 68.3 Å². The Morgan fingerprint density at radius 1 is 0.434 bits per heavy atom. The van der Waals surface area contributed by atoms with E-state index in [1.54, 1.807) is 0 Å². The van der Waals surface area contributed by atoms with Crippen LogP contribution < -0.4 is 0 Å². The smallest absolute Gasteiger partial charge is 0.161 e. The third-order valence-corrected chi connectivity index (χ3v) is 13.1. The Kier molecular flexibility index (Phi) is 6.09. The fourth-order valence-corrected chi connectivity index (χ4v) is 10.8. The highest BCUT2D eigenvalue weighted by Gasteiger charge is 2.22. The second kappa shape index (κ2) is 11.1. The van der Waals surface area contributed by atoms with Gasteiger partial charge in [-0.3, -0.25) is 0 Å². The molecule has 3 nitrogen and oxygen atoms in total. The summed E-state index contributed by atoms with van der Waals surface area (Å²) in [7, 11) is 0. The molecule has 0 atom stereocenters. The van der Waals surface area contributed by atoms with E-state index in [1.807, 2.05) is 22.7 Å². The maximum atomic E-state index is 5.43. The Hall–Kier alpha value is -6.40. The van der Waals surface area contributed by atoms with Gasteiger partial charge in [-0.05, 0) is 53.9 Å². The molecule has 0 amide bonds. The molecule has 4 heterocycles. The number of nitrogens with zero attached hydrogens (tertiary/aromatic N) is 3. The van der Waals surface area contributed by atoms with Crippen molar-refractivity contribution in [1.29, 1.82) is 0 Å². The minimum Gasteiger partial charge on any atom is -0.308 e. The van der Waals surface area contributed by atoms with E-state index in [1.165, 1.54) is 73.2 Å². The van der Waals surface area contributed by atoms with Gasteiger partial charge in [-0.2, -0.15) is 0 Å². The highest BCUT2D eigenvalue weighted by Crippen LogP contribution is 2.46. The number of hydrogen-bond donors (Lipinski definition) is 0. The van der Waals surface area contributed by atoms with Crippen molar-refractivity contribution in [3.05, 3.63) is 164 Å². The second-order valence-electron chi connectivity index (χ2n) is 13.7. The Labute approximate surface area is 311 Å². The Morgan fingerprint density at radius 2 is 1.15 bits per heavy atom. The average Bonchev–Trinajstić information content (AvgIpc) is 3.89. The Morgan fingerprint density at radius 3 is 2.02 bits per heavy atom. The molecule has 0 bridgehead atoms. The highest BCUT2D eigenvalue weighted by atomic mass is 32.1. The summed E-state index contributed by atoms with van der Waals surface area (Å²) < 4.78 is 7.60. The molecule has 0 N–H and O–H groups in total. The SMILES string of the molecule is c1ccc(-c2nc(-c3ccc(-n4c5ccccc5c5cc6sc7ccccc7c6cc54)c4sc5ccccc5c34)nc3c2ccc2ccccc23)cc1. The van der Waals surface area contributed by atoms with Crippen molar-refractivity contribution < 1.29 is 0 Å². The average molecular weight is 710 g/mol. The zero-order valence-electron chi connectivity index (χ0n) is 28.2. The number of thiophene rings is 2. The zero-order valence-corrected chi connectivity index (χ0v) is 29.9. The predicted octanol–water partition coefficient (Wildman–Crippen LogP) is 13.9. The van der Waals surface area contributed by atoms with Crippen molar-refractivity contribution in [2.45, 2.75) is 0 Å². The first-order chi connectivity index (χ1) is 26.3. The van der Waals surface area contributed by atoms with E-state index >= 15 is 0 Å². The third kappa shape index (κ3) is 4.20. The molecule has 0 radical (unpaired) electrons. The topological polar surface area (TPSA) is 30.7 Å². The van der Waals surface area contributed by atoms with E-state index in [9.17, 15) is 0 Å². The Bertz CT molecular complexity index is 3460. The number of fused-ring (bicyclic) bond motifs is 12. The molecule has 8 aromatic carbocycles. The molecule has 12 aromatic rings. The van der Waals surface area contributed by atoms with Gasteiger partial charge in [0.05, 0.1) is 32.6 Å². The minimum atomic E-state index is 0.737. The summed E-state index contributed by atoms with van der Waals surface area (Å²) in [6.07, 6.45) is 0. The lowest BCUT2D eigenvalue weighted by atomic mass is 10.00. The molecule has 53 heavy (non-hydrogen) atoms. The first-order valence-corrected chi connectivity index (χ1v) is 19.5. The second-order valence-corrected chi connectivity index (χ2v) is 15.8. The molecule has 0 saturated carbocycles. The van der Waals surface area contributed by atoms with Gasteiger partial charge in [0.1, 0.15) is 0 Å². The van der Waals surface area contributed by atoms with Crippen LogP contribution in [0.4, 0.5) is 0 Å². The summed E-state index contributed by atoms with van der Waals surface area (Å²) in [5.41, 5.74) is 7.63. The van der Waals surface area contributed by atoms with Crippen LogP contribution in [0.1, 0.15) is 0 Å². The van der Waals surface area contributed by atoms with Crippen LogP contribution in [0.15, 0.2) is 164 Å². The van der Waals surface area contributed by atoms with Crippen molar-refractivity contribution in [3.8, 4) is 28.3 Å². The van der Waals surface area contributed by atoms with Crippen LogP contribution in [0.2, 0.25) is 0 Å². The number of para-hydroxylation sites is 1. The van der Waals surface area contributed by atoms with Crippen LogP contribution in [-0.2, 0) is 0 Å². The van der Waals surface area contributed by atoms with Crippen LogP contribution in [0.3, 0.4) is 0 Å². The quantitative estimate of drug-likeness (QED) is 0.171. The molecule has 0 unspecified atom stereocenters. The van der Waals surface area contributed by atoms with Crippen molar-refractivity contribution in [2.24, 2.45) is 0 Å². The van der Waals surface area contributed by atoms with Gasteiger partial charge in [0.25, 0.3) is 0 Å². The van der Waals surface area contributed by atoms with E-state index in [0.29, 0.717) is 0 Å². The largest absolute Gasteiger partial charge is 0.308 e. The molecular weight excluding hydrogens is 683 g/mol. The molecule has 0 aliphatic rings. The van der Waals surface area contributed by atoms with Crippen molar-refractivity contribution in [1.82, 2.24) is 14.5 Å². The van der Waals surface area contributed by atoms with E-state index in [4.69, 9.17) is 9.97 Å². The fourth-order valence-electron chi connectivity index (χ4n) is 8.42. The van der Waals surface area contributed by atoms with Gasteiger partial charge in [0.2, 0.25) is 0 Å². The van der Waals surface area contributed by atoms with Gasteiger partial charge in [0.15, 0.2) is 5.82 Å². The van der Waals surface area contributed by atoms with Crippen molar-refractivity contribution in [2.75, 3.05) is 0 Å². The molecular formula is C48H27N3S2. The van der Waals surface area contributed by atoms with Gasteiger partial charge in [-0.15, -0.1) is 22.7 Å².